The van der Waals surface area contributed by atoms with Gasteiger partial charge in [-0.2, -0.15) is 0 Å². The molecule has 0 saturated carbocycles. The monoisotopic (exact) mass is 86.0 g/mol. The summed E-state index contributed by atoms with van der Waals surface area (Å²) in [5, 5.41) is 0. The standard InChI is InChI=1S/CH5BSi.Al.3H/c1-3-2;;;;/h3H2,1H3;;;;. The molecule has 0 spiro atoms. The molecule has 2 radical (unpaired) electrons. The van der Waals surface area contributed by atoms with E-state index in [2.05, 4.69) is 0 Å². The zero-order valence-electron chi connectivity index (χ0n) is 2.28. The van der Waals surface area contributed by atoms with Crippen LogP contribution >= 0.6 is 0 Å². The Morgan fingerprint density at radius 2 is 1.75 bits per heavy atom. The predicted octanol–water partition coefficient (Wildman–Crippen LogP) is -1.90. The van der Waals surface area contributed by atoms with Crippen molar-refractivity contribution in [1.29, 1.82) is 0 Å². The molecule has 0 rings (SSSR count). The van der Waals surface area contributed by atoms with Crippen molar-refractivity contribution in [2.45, 2.75) is 6.55 Å². The van der Waals surface area contributed by atoms with Gasteiger partial charge in [-0.05, 0) is 9.39 Å². The van der Waals surface area contributed by atoms with E-state index in [9.17, 15) is 0 Å². The largest absolute Gasteiger partial charge is 0.187 e. The molecule has 0 saturated heterocycles. The van der Waals surface area contributed by atoms with E-state index in [0.29, 0.717) is 0 Å². The Labute approximate surface area is 41.3 Å². The van der Waals surface area contributed by atoms with Gasteiger partial charge in [0.05, 0.1) is 0 Å². The van der Waals surface area contributed by atoms with Crippen LogP contribution in [-0.4, -0.2) is 34.2 Å². The van der Waals surface area contributed by atoms with Gasteiger partial charge < -0.3 is 0 Å². The molecule has 0 aromatic heterocycles. The molecular formula is CH8AlBSi. The van der Waals surface area contributed by atoms with Gasteiger partial charge in [0, 0.05) is 7.44 Å². The number of hydrogen-bond donors (Lipinski definition) is 0. The fourth-order valence-electron chi connectivity index (χ4n) is 0. The summed E-state index contributed by atoms with van der Waals surface area (Å²) in [4.78, 5) is 0. The Kier molecular flexibility index (Phi) is 20.3. The van der Waals surface area contributed by atoms with Gasteiger partial charge in [-0.25, -0.2) is 0 Å². The number of hydrogen-bond acceptors (Lipinski definition) is 0. The second kappa shape index (κ2) is 9.18. The second-order valence-corrected chi connectivity index (χ2v) is 1.22. The van der Waals surface area contributed by atoms with E-state index in [-0.39, 0.29) is 26.8 Å². The van der Waals surface area contributed by atoms with Gasteiger partial charge in [-0.3, -0.25) is 0 Å². The maximum atomic E-state index is 4.99. The van der Waals surface area contributed by atoms with Crippen molar-refractivity contribution in [3.63, 3.8) is 0 Å². The van der Waals surface area contributed by atoms with E-state index in [1.165, 1.54) is 0 Å². The Bertz CT molecular complexity index is 8.00. The van der Waals surface area contributed by atoms with Gasteiger partial charge >= 0.3 is 0 Å². The van der Waals surface area contributed by atoms with Crippen molar-refractivity contribution in [2.24, 2.45) is 0 Å². The summed E-state index contributed by atoms with van der Waals surface area (Å²) in [5.41, 5.74) is 0. The van der Waals surface area contributed by atoms with Crippen molar-refractivity contribution >= 4 is 34.2 Å². The molecule has 0 bridgehead atoms. The summed E-state index contributed by atoms with van der Waals surface area (Å²) in [7, 11) is 4.90. The first-order valence-electron chi connectivity index (χ1n) is 1.12. The molecule has 0 heterocycles. The maximum Gasteiger partial charge on any atom is 0.187 e. The molecule has 0 fully saturated rings. The van der Waals surface area contributed by atoms with Crippen molar-refractivity contribution in [1.82, 2.24) is 0 Å². The summed E-state index contributed by atoms with van der Waals surface area (Å²) in [5.74, 6) is 0. The van der Waals surface area contributed by atoms with E-state index in [1.54, 1.807) is 0 Å². The van der Waals surface area contributed by atoms with Crippen LogP contribution in [0.2, 0.25) is 6.55 Å². The molecule has 0 nitrogen and oxygen atoms in total. The van der Waals surface area contributed by atoms with Crippen LogP contribution in [0.25, 0.3) is 0 Å². The number of rotatable bonds is 0. The zero-order valence-corrected chi connectivity index (χ0v) is 3.70. The summed E-state index contributed by atoms with van der Waals surface area (Å²) in [6.07, 6.45) is 0. The lowest BCUT2D eigenvalue weighted by Gasteiger charge is -1.44. The molecule has 22 valence electrons. The van der Waals surface area contributed by atoms with E-state index in [1.807, 2.05) is 6.55 Å². The van der Waals surface area contributed by atoms with Gasteiger partial charge in [0.25, 0.3) is 0 Å². The molecule has 0 atom stereocenters. The third kappa shape index (κ3) is 14.0. The SMILES string of the molecule is [AlH3].[B][SiH2]C. The highest BCUT2D eigenvalue weighted by molar-refractivity contribution is 6.88. The highest BCUT2D eigenvalue weighted by Crippen LogP contribution is 1.23. The summed E-state index contributed by atoms with van der Waals surface area (Å²) >= 11 is 0. The van der Waals surface area contributed by atoms with Crippen LogP contribution in [0.3, 0.4) is 0 Å². The Balaban J connectivity index is 0. The average Bonchev–Trinajstić information content (AvgIpc) is 0.918. The minimum Gasteiger partial charge on any atom is -0.0815 e. The van der Waals surface area contributed by atoms with Gasteiger partial charge in [0.1, 0.15) is 0 Å². The first-order valence-corrected chi connectivity index (χ1v) is 3.35. The Morgan fingerprint density at radius 1 is 1.75 bits per heavy atom. The molecule has 0 unspecified atom stereocenters. The minimum absolute atomic E-state index is 0. The molecule has 0 aromatic rings. The first-order chi connectivity index (χ1) is 1.41. The Hall–Kier alpha value is 0.814. The lowest BCUT2D eigenvalue weighted by Crippen LogP contribution is -1.68. The van der Waals surface area contributed by atoms with Crippen LogP contribution in [0.5, 0.6) is 0 Å². The average molecular weight is 86.0 g/mol. The van der Waals surface area contributed by atoms with Crippen molar-refractivity contribution in [3.05, 3.63) is 0 Å². The molecule has 0 N–H and O–H groups in total. The Morgan fingerprint density at radius 3 is 1.75 bits per heavy atom. The smallest absolute Gasteiger partial charge is 0.0815 e. The molecule has 3 heteroatoms. The molecule has 0 aliphatic heterocycles. The molecule has 0 amide bonds. The van der Waals surface area contributed by atoms with Gasteiger partial charge in [0.2, 0.25) is 0 Å². The molecular weight excluding hydrogens is 77.9 g/mol. The van der Waals surface area contributed by atoms with Gasteiger partial charge in [-0.15, -0.1) is 0 Å². The fourth-order valence-corrected chi connectivity index (χ4v) is 0. The molecule has 0 aliphatic rings. The molecule has 0 aromatic carbocycles. The predicted molar refractivity (Wildman–Crippen MR) is 30.1 cm³/mol. The van der Waals surface area contributed by atoms with Crippen LogP contribution in [-0.2, 0) is 0 Å². The van der Waals surface area contributed by atoms with E-state index >= 15 is 0 Å². The van der Waals surface area contributed by atoms with Crippen LogP contribution < -0.4 is 0 Å². The zero-order chi connectivity index (χ0) is 2.71. The minimum atomic E-state index is -0.0833. The highest BCUT2D eigenvalue weighted by Gasteiger charge is 1.39. The quantitative estimate of drug-likeness (QED) is 0.302. The molecule has 0 aliphatic carbocycles. The van der Waals surface area contributed by atoms with Crippen molar-refractivity contribution in [3.8, 4) is 0 Å². The maximum absolute atomic E-state index is 4.99. The summed E-state index contributed by atoms with van der Waals surface area (Å²) in [6.45, 7) is 2.04. The lowest BCUT2D eigenvalue weighted by atomic mass is 10.8. The topological polar surface area (TPSA) is 0 Å². The lowest BCUT2D eigenvalue weighted by molar-refractivity contribution is 2.37. The summed E-state index contributed by atoms with van der Waals surface area (Å²) in [6, 6.07) is 0. The highest BCUT2D eigenvalue weighted by atomic mass is 28.2. The van der Waals surface area contributed by atoms with Crippen LogP contribution in [0.1, 0.15) is 0 Å². The first kappa shape index (κ1) is 8.84. The van der Waals surface area contributed by atoms with Crippen molar-refractivity contribution < 1.29 is 0 Å². The van der Waals surface area contributed by atoms with E-state index in [0.717, 1.165) is 0 Å². The van der Waals surface area contributed by atoms with E-state index in [4.69, 9.17) is 7.44 Å². The van der Waals surface area contributed by atoms with Crippen LogP contribution in [0.4, 0.5) is 0 Å². The van der Waals surface area contributed by atoms with Gasteiger partial charge in [-0.1, -0.05) is 6.55 Å². The molecule has 4 heavy (non-hydrogen) atoms. The third-order valence-electron chi connectivity index (χ3n) is 0. The van der Waals surface area contributed by atoms with E-state index < -0.39 is 0 Å². The third-order valence-corrected chi connectivity index (χ3v) is 0. The fraction of sp³-hybridized carbons (Fsp3) is 1.00. The van der Waals surface area contributed by atoms with Gasteiger partial charge in [0.15, 0.2) is 17.4 Å². The second-order valence-electron chi connectivity index (χ2n) is 0.408. The van der Waals surface area contributed by atoms with Crippen LogP contribution in [0.15, 0.2) is 0 Å². The van der Waals surface area contributed by atoms with Crippen LogP contribution in [0, 0.1) is 0 Å². The summed E-state index contributed by atoms with van der Waals surface area (Å²) < 4.78 is 0. The van der Waals surface area contributed by atoms with Crippen molar-refractivity contribution in [2.75, 3.05) is 0 Å². The normalized spacial score (nSPS) is 7.25.